The molecule has 95 heavy (non-hydrogen) atoms. The standard InChI is InChI=1S/C77H128O16P2/c1-4-7-10-13-16-19-22-25-28-29-30-31-32-33-34-35-36-37-38-39-40-41-44-46-48-51-54-57-60-63-75(80)87-66-72(78)67-89-94(83,84)90-68-73(79)69-91-95(85,86)92-71-74(93-77(82)65-62-59-56-53-50-47-43-27-24-21-18-15-12-9-6-3)70-88-76(81)64-61-58-55-52-49-45-42-26-23-20-17-14-11-8-5-2/h7-12,16-21,25-28,30-31,33-34,36-37,42-43,72-74,78-79H,4-6,13-15,22-24,29,32,35,38-41,44-71H2,1-3H3,(H,83,84)(H,85,86)/b10-7-,11-8-,12-9-,19-16-,20-17-,21-18-,28-25-,31-30-,34-33-,37-36-,42-26-,43-27-. The molecule has 0 aromatic rings. The molecule has 0 aliphatic carbocycles. The second-order valence-electron chi connectivity index (χ2n) is 23.6. The predicted octanol–water partition coefficient (Wildman–Crippen LogP) is 20.5. The van der Waals surface area contributed by atoms with Gasteiger partial charge in [-0.05, 0) is 135 Å². The molecule has 16 nitrogen and oxygen atoms in total. The fraction of sp³-hybridized carbons (Fsp3) is 0.649. The monoisotopic (exact) mass is 1370 g/mol. The maximum atomic E-state index is 12.9. The number of phosphoric ester groups is 2. The number of rotatable bonds is 67. The summed E-state index contributed by atoms with van der Waals surface area (Å²) in [5, 5.41) is 20.6. The van der Waals surface area contributed by atoms with E-state index in [1.165, 1.54) is 32.1 Å². The summed E-state index contributed by atoms with van der Waals surface area (Å²) in [4.78, 5) is 58.4. The Morgan fingerprint density at radius 3 is 0.832 bits per heavy atom. The van der Waals surface area contributed by atoms with Gasteiger partial charge in [0.2, 0.25) is 0 Å². The molecule has 0 radical (unpaired) electrons. The first-order valence-electron chi connectivity index (χ1n) is 36.1. The SMILES string of the molecule is CC/C=C\C/C=C\C/C=C\C/C=C\C/C=C\C/C=C\CCCCCCCCCCCCC(=O)OCC(O)COP(=O)(O)OCC(O)COP(=O)(O)OCC(COC(=O)CCCCCCC/C=C\C/C=C\C/C=C\CC)OC(=O)CCCCCCC/C=C\C/C=C\C/C=C\CC. The van der Waals surface area contributed by atoms with E-state index >= 15 is 0 Å². The van der Waals surface area contributed by atoms with E-state index in [4.69, 9.17) is 32.3 Å². The molecule has 5 atom stereocenters. The van der Waals surface area contributed by atoms with Gasteiger partial charge in [-0.15, -0.1) is 0 Å². The molecule has 0 spiro atoms. The molecule has 0 amide bonds. The first-order valence-corrected chi connectivity index (χ1v) is 39.1. The van der Waals surface area contributed by atoms with Crippen LogP contribution in [0.3, 0.4) is 0 Å². The van der Waals surface area contributed by atoms with E-state index in [1.54, 1.807) is 0 Å². The van der Waals surface area contributed by atoms with Crippen molar-refractivity contribution in [1.82, 2.24) is 0 Å². The lowest BCUT2D eigenvalue weighted by atomic mass is 10.1. The van der Waals surface area contributed by atoms with Gasteiger partial charge >= 0.3 is 33.6 Å². The average Bonchev–Trinajstić information content (AvgIpc) is 1.83. The average molecular weight is 1370 g/mol. The predicted molar refractivity (Wildman–Crippen MR) is 389 cm³/mol. The third kappa shape index (κ3) is 70.6. The van der Waals surface area contributed by atoms with E-state index in [1.807, 2.05) is 0 Å². The number of esters is 3. The minimum atomic E-state index is -4.94. The smallest absolute Gasteiger partial charge is 0.463 e. The second-order valence-corrected chi connectivity index (χ2v) is 26.5. The van der Waals surface area contributed by atoms with Gasteiger partial charge < -0.3 is 34.2 Å². The Balaban J connectivity index is 4.52. The van der Waals surface area contributed by atoms with Crippen LogP contribution in [0.1, 0.15) is 265 Å². The number of carbonyl (C=O) groups is 3. The van der Waals surface area contributed by atoms with Crippen LogP contribution in [0, 0.1) is 0 Å². The van der Waals surface area contributed by atoms with E-state index in [0.29, 0.717) is 19.3 Å². The summed E-state index contributed by atoms with van der Waals surface area (Å²) in [6, 6.07) is 0. The highest BCUT2D eigenvalue weighted by molar-refractivity contribution is 7.47. The van der Waals surface area contributed by atoms with Crippen LogP contribution in [0.4, 0.5) is 0 Å². The normalized spacial score (nSPS) is 15.0. The Morgan fingerprint density at radius 1 is 0.295 bits per heavy atom. The van der Waals surface area contributed by atoms with Crippen molar-refractivity contribution in [3.8, 4) is 0 Å². The van der Waals surface area contributed by atoms with Crippen LogP contribution in [0.25, 0.3) is 0 Å². The molecule has 0 aliphatic heterocycles. The molecule has 0 saturated heterocycles. The third-order valence-electron chi connectivity index (χ3n) is 14.5. The van der Waals surface area contributed by atoms with Gasteiger partial charge in [0.15, 0.2) is 6.10 Å². The van der Waals surface area contributed by atoms with Crippen molar-refractivity contribution in [2.45, 2.75) is 283 Å². The molecule has 542 valence electrons. The first-order chi connectivity index (χ1) is 46.2. The van der Waals surface area contributed by atoms with Crippen molar-refractivity contribution in [2.75, 3.05) is 39.6 Å². The van der Waals surface area contributed by atoms with E-state index in [9.17, 15) is 43.5 Å². The first kappa shape index (κ1) is 90.4. The third-order valence-corrected chi connectivity index (χ3v) is 16.4. The van der Waals surface area contributed by atoms with Crippen LogP contribution in [-0.4, -0.2) is 95.9 Å². The van der Waals surface area contributed by atoms with Crippen LogP contribution in [-0.2, 0) is 55.8 Å². The number of aliphatic hydroxyl groups is 2. The molecule has 4 N–H and O–H groups in total. The highest BCUT2D eigenvalue weighted by Crippen LogP contribution is 2.45. The van der Waals surface area contributed by atoms with Gasteiger partial charge in [0.1, 0.15) is 25.4 Å². The summed E-state index contributed by atoms with van der Waals surface area (Å²) in [5.41, 5.74) is 0. The van der Waals surface area contributed by atoms with Crippen LogP contribution in [0.15, 0.2) is 146 Å². The van der Waals surface area contributed by atoms with Gasteiger partial charge in [0.25, 0.3) is 0 Å². The van der Waals surface area contributed by atoms with Crippen LogP contribution < -0.4 is 0 Å². The van der Waals surface area contributed by atoms with Crippen LogP contribution in [0.5, 0.6) is 0 Å². The maximum absolute atomic E-state index is 12.9. The lowest BCUT2D eigenvalue weighted by Crippen LogP contribution is -2.30. The van der Waals surface area contributed by atoms with Gasteiger partial charge in [-0.2, -0.15) is 0 Å². The zero-order valence-electron chi connectivity index (χ0n) is 58.8. The molecule has 0 aromatic carbocycles. The largest absolute Gasteiger partial charge is 0.472 e. The summed E-state index contributed by atoms with van der Waals surface area (Å²) in [6.45, 7) is 2.27. The quantitative estimate of drug-likeness (QED) is 0.0146. The number of ether oxygens (including phenoxy) is 3. The van der Waals surface area contributed by atoms with Crippen molar-refractivity contribution < 1.29 is 75.8 Å². The van der Waals surface area contributed by atoms with Gasteiger partial charge in [-0.25, -0.2) is 9.13 Å². The molecular weight excluding hydrogens is 1240 g/mol. The summed E-state index contributed by atoms with van der Waals surface area (Å²) in [5.74, 6) is -1.63. The molecule has 0 fully saturated rings. The van der Waals surface area contributed by atoms with E-state index < -0.39 is 91.5 Å². The Morgan fingerprint density at radius 2 is 0.526 bits per heavy atom. The molecule has 18 heteroatoms. The zero-order chi connectivity index (χ0) is 69.5. The molecule has 0 heterocycles. The number of unbranched alkanes of at least 4 members (excludes halogenated alkanes) is 20. The van der Waals surface area contributed by atoms with Crippen molar-refractivity contribution in [1.29, 1.82) is 0 Å². The van der Waals surface area contributed by atoms with E-state index in [0.717, 1.165) is 173 Å². The van der Waals surface area contributed by atoms with Gasteiger partial charge in [0, 0.05) is 19.3 Å². The molecule has 5 unspecified atom stereocenters. The summed E-state index contributed by atoms with van der Waals surface area (Å²) in [7, 11) is -9.80. The highest BCUT2D eigenvalue weighted by Gasteiger charge is 2.29. The Bertz CT molecular complexity index is 2310. The van der Waals surface area contributed by atoms with Crippen molar-refractivity contribution in [3.05, 3.63) is 146 Å². The van der Waals surface area contributed by atoms with Crippen molar-refractivity contribution >= 4 is 33.6 Å². The van der Waals surface area contributed by atoms with Gasteiger partial charge in [-0.1, -0.05) is 256 Å². The zero-order valence-corrected chi connectivity index (χ0v) is 60.6. The Kier molecular flexibility index (Phi) is 66.0. The fourth-order valence-corrected chi connectivity index (χ4v) is 10.7. The van der Waals surface area contributed by atoms with Crippen molar-refractivity contribution in [2.24, 2.45) is 0 Å². The minimum Gasteiger partial charge on any atom is -0.463 e. The Labute approximate surface area is 575 Å². The summed E-state index contributed by atoms with van der Waals surface area (Å²) >= 11 is 0. The van der Waals surface area contributed by atoms with Crippen molar-refractivity contribution in [3.63, 3.8) is 0 Å². The number of allylic oxidation sites excluding steroid dienone is 24. The number of hydrogen-bond acceptors (Lipinski definition) is 14. The topological polar surface area (TPSA) is 231 Å². The van der Waals surface area contributed by atoms with Gasteiger partial charge in [0.05, 0.1) is 26.4 Å². The molecule has 0 aliphatic rings. The fourth-order valence-electron chi connectivity index (χ4n) is 9.13. The molecule has 0 aromatic heterocycles. The highest BCUT2D eigenvalue weighted by atomic mass is 31.2. The van der Waals surface area contributed by atoms with E-state index in [-0.39, 0.29) is 19.3 Å². The molecule has 0 rings (SSSR count). The van der Waals surface area contributed by atoms with Crippen LogP contribution >= 0.6 is 15.6 Å². The summed E-state index contributed by atoms with van der Waals surface area (Å²) < 4.78 is 60.9. The number of phosphoric acid groups is 2. The lowest BCUT2D eigenvalue weighted by molar-refractivity contribution is -0.161. The molecular formula is C77H128O16P2. The molecule has 0 saturated carbocycles. The number of carbonyl (C=O) groups excluding carboxylic acids is 3. The van der Waals surface area contributed by atoms with Gasteiger partial charge in [-0.3, -0.25) is 32.5 Å². The molecule has 0 bridgehead atoms. The summed E-state index contributed by atoms with van der Waals surface area (Å²) in [6.07, 6.45) is 83.3. The Hall–Kier alpha value is -4.57. The van der Waals surface area contributed by atoms with E-state index in [2.05, 4.69) is 167 Å². The second kappa shape index (κ2) is 69.3. The minimum absolute atomic E-state index is 0.0774. The number of hydrogen-bond donors (Lipinski definition) is 4. The lowest BCUT2D eigenvalue weighted by Gasteiger charge is -2.21. The number of aliphatic hydroxyl groups excluding tert-OH is 2. The maximum Gasteiger partial charge on any atom is 0.472 e. The van der Waals surface area contributed by atoms with Crippen LogP contribution in [0.2, 0.25) is 0 Å².